The van der Waals surface area contributed by atoms with E-state index in [2.05, 4.69) is 0 Å². The molecule has 0 heterocycles. The minimum atomic E-state index is -0.914. The molecule has 0 saturated heterocycles. The van der Waals surface area contributed by atoms with E-state index in [-0.39, 0.29) is 5.92 Å². The summed E-state index contributed by atoms with van der Waals surface area (Å²) in [7, 11) is 0. The van der Waals surface area contributed by atoms with Crippen molar-refractivity contribution >= 4 is 5.78 Å². The second-order valence-corrected chi connectivity index (χ2v) is 3.11. The van der Waals surface area contributed by atoms with Crippen molar-refractivity contribution in [2.75, 3.05) is 6.61 Å². The maximum absolute atomic E-state index is 10.8. The summed E-state index contributed by atoms with van der Waals surface area (Å²) in [5, 5.41) is 17.8. The van der Waals surface area contributed by atoms with Gasteiger partial charge in [-0.1, -0.05) is 12.8 Å². The number of hydrogen-bond donors (Lipinski definition) is 2. The molecule has 1 aliphatic carbocycles. The standard InChI is InChI=1S/C8H14O3/c9-5-7(10)8(11)6-3-1-2-4-6/h6,8-9,11H,1-5H2/t8-/m0/s1. The minimum absolute atomic E-state index is 0.106. The molecule has 0 spiro atoms. The molecule has 1 rings (SSSR count). The maximum atomic E-state index is 10.8. The molecule has 0 unspecified atom stereocenters. The van der Waals surface area contributed by atoms with Crippen LogP contribution < -0.4 is 0 Å². The number of rotatable bonds is 3. The summed E-state index contributed by atoms with van der Waals surface area (Å²) >= 11 is 0. The molecule has 3 nitrogen and oxygen atoms in total. The molecule has 11 heavy (non-hydrogen) atoms. The van der Waals surface area contributed by atoms with E-state index < -0.39 is 18.5 Å². The first-order valence-electron chi connectivity index (χ1n) is 4.07. The molecule has 0 amide bonds. The topological polar surface area (TPSA) is 57.5 Å². The van der Waals surface area contributed by atoms with Crippen LogP contribution in [0.5, 0.6) is 0 Å². The molecule has 0 radical (unpaired) electrons. The average Bonchev–Trinajstić information content (AvgIpc) is 2.53. The number of carbonyl (C=O) groups is 1. The zero-order chi connectivity index (χ0) is 8.27. The van der Waals surface area contributed by atoms with Crippen molar-refractivity contribution in [1.29, 1.82) is 0 Å². The molecule has 0 aromatic carbocycles. The fourth-order valence-electron chi connectivity index (χ4n) is 1.63. The van der Waals surface area contributed by atoms with E-state index in [0.717, 1.165) is 25.7 Å². The first-order chi connectivity index (χ1) is 5.25. The molecule has 0 bridgehead atoms. The molecule has 1 fully saturated rings. The molecule has 0 aliphatic heterocycles. The first kappa shape index (κ1) is 8.68. The van der Waals surface area contributed by atoms with Gasteiger partial charge in [-0.3, -0.25) is 4.79 Å². The summed E-state index contributed by atoms with van der Waals surface area (Å²) < 4.78 is 0. The fraction of sp³-hybridized carbons (Fsp3) is 0.875. The summed E-state index contributed by atoms with van der Waals surface area (Å²) in [4.78, 5) is 10.8. The quantitative estimate of drug-likeness (QED) is 0.612. The van der Waals surface area contributed by atoms with Gasteiger partial charge < -0.3 is 10.2 Å². The maximum Gasteiger partial charge on any atom is 0.186 e. The van der Waals surface area contributed by atoms with Gasteiger partial charge in [-0.25, -0.2) is 0 Å². The summed E-state index contributed by atoms with van der Waals surface area (Å²) in [6.07, 6.45) is 3.13. The van der Waals surface area contributed by atoms with E-state index >= 15 is 0 Å². The Balaban J connectivity index is 2.39. The van der Waals surface area contributed by atoms with Crippen molar-refractivity contribution in [3.63, 3.8) is 0 Å². The Morgan fingerprint density at radius 2 is 2.00 bits per heavy atom. The van der Waals surface area contributed by atoms with E-state index in [9.17, 15) is 9.90 Å². The highest BCUT2D eigenvalue weighted by Crippen LogP contribution is 2.27. The molecule has 1 atom stereocenters. The van der Waals surface area contributed by atoms with E-state index in [1.54, 1.807) is 0 Å². The van der Waals surface area contributed by atoms with Crippen LogP contribution in [0.4, 0.5) is 0 Å². The van der Waals surface area contributed by atoms with Crippen molar-refractivity contribution in [2.24, 2.45) is 5.92 Å². The van der Waals surface area contributed by atoms with Crippen LogP contribution >= 0.6 is 0 Å². The van der Waals surface area contributed by atoms with Crippen LogP contribution in [0.15, 0.2) is 0 Å². The van der Waals surface area contributed by atoms with E-state index in [1.165, 1.54) is 0 Å². The normalized spacial score (nSPS) is 22.0. The number of aliphatic hydroxyl groups is 2. The largest absolute Gasteiger partial charge is 0.388 e. The summed E-state index contributed by atoms with van der Waals surface area (Å²) in [5.74, 6) is -0.327. The van der Waals surface area contributed by atoms with E-state index in [1.807, 2.05) is 0 Å². The zero-order valence-electron chi connectivity index (χ0n) is 6.49. The van der Waals surface area contributed by atoms with Crippen LogP contribution in [-0.4, -0.2) is 28.7 Å². The van der Waals surface area contributed by atoms with Crippen LogP contribution in [0.2, 0.25) is 0 Å². The van der Waals surface area contributed by atoms with Crippen LogP contribution in [0.3, 0.4) is 0 Å². The van der Waals surface area contributed by atoms with Crippen LogP contribution in [0.25, 0.3) is 0 Å². The molecule has 0 aromatic rings. The first-order valence-corrected chi connectivity index (χ1v) is 4.07. The smallest absolute Gasteiger partial charge is 0.186 e. The van der Waals surface area contributed by atoms with Crippen LogP contribution in [0, 0.1) is 5.92 Å². The van der Waals surface area contributed by atoms with Crippen molar-refractivity contribution in [2.45, 2.75) is 31.8 Å². The Hall–Kier alpha value is -0.410. The Bertz CT molecular complexity index is 138. The van der Waals surface area contributed by atoms with Gasteiger partial charge in [0, 0.05) is 0 Å². The molecule has 1 saturated carbocycles. The van der Waals surface area contributed by atoms with E-state index in [0.29, 0.717) is 0 Å². The second-order valence-electron chi connectivity index (χ2n) is 3.11. The summed E-state index contributed by atoms with van der Waals surface area (Å²) in [6.45, 7) is -0.530. The second kappa shape index (κ2) is 3.83. The van der Waals surface area contributed by atoms with Crippen molar-refractivity contribution in [3.05, 3.63) is 0 Å². The molecule has 2 N–H and O–H groups in total. The van der Waals surface area contributed by atoms with Crippen molar-refractivity contribution in [3.8, 4) is 0 Å². The van der Waals surface area contributed by atoms with Crippen LogP contribution in [0.1, 0.15) is 25.7 Å². The SMILES string of the molecule is O=C(CO)[C@@H](O)C1CCCC1. The van der Waals surface area contributed by atoms with Crippen LogP contribution in [-0.2, 0) is 4.79 Å². The average molecular weight is 158 g/mol. The van der Waals surface area contributed by atoms with Gasteiger partial charge in [0.1, 0.15) is 12.7 Å². The molecule has 1 aliphatic rings. The Labute approximate surface area is 66.0 Å². The minimum Gasteiger partial charge on any atom is -0.388 e. The lowest BCUT2D eigenvalue weighted by atomic mass is 9.98. The highest BCUT2D eigenvalue weighted by Gasteiger charge is 2.27. The Morgan fingerprint density at radius 3 is 2.45 bits per heavy atom. The van der Waals surface area contributed by atoms with Gasteiger partial charge in [-0.2, -0.15) is 0 Å². The highest BCUT2D eigenvalue weighted by molar-refractivity contribution is 5.84. The summed E-state index contributed by atoms with van der Waals surface area (Å²) in [6, 6.07) is 0. The Morgan fingerprint density at radius 1 is 1.45 bits per heavy atom. The third kappa shape index (κ3) is 2.01. The third-order valence-electron chi connectivity index (χ3n) is 2.33. The van der Waals surface area contributed by atoms with Crippen molar-refractivity contribution < 1.29 is 15.0 Å². The zero-order valence-corrected chi connectivity index (χ0v) is 6.49. The highest BCUT2D eigenvalue weighted by atomic mass is 16.3. The lowest BCUT2D eigenvalue weighted by molar-refractivity contribution is -0.132. The lowest BCUT2D eigenvalue weighted by Gasteiger charge is -2.14. The van der Waals surface area contributed by atoms with Gasteiger partial charge in [0.2, 0.25) is 0 Å². The number of Topliss-reactive ketones (excluding diaryl/α,β-unsaturated/α-hetero) is 1. The van der Waals surface area contributed by atoms with Gasteiger partial charge in [-0.05, 0) is 18.8 Å². The van der Waals surface area contributed by atoms with E-state index in [4.69, 9.17) is 5.11 Å². The number of carbonyl (C=O) groups excluding carboxylic acids is 1. The van der Waals surface area contributed by atoms with Gasteiger partial charge >= 0.3 is 0 Å². The number of hydrogen-bond acceptors (Lipinski definition) is 3. The molecular weight excluding hydrogens is 144 g/mol. The lowest BCUT2D eigenvalue weighted by Crippen LogP contribution is -2.30. The van der Waals surface area contributed by atoms with Gasteiger partial charge in [-0.15, -0.1) is 0 Å². The molecule has 3 heteroatoms. The van der Waals surface area contributed by atoms with Gasteiger partial charge in [0.15, 0.2) is 5.78 Å². The number of ketones is 1. The predicted octanol–water partition coefficient (Wildman–Crippen LogP) is 0.0989. The van der Waals surface area contributed by atoms with Crippen molar-refractivity contribution in [1.82, 2.24) is 0 Å². The molecule has 0 aromatic heterocycles. The van der Waals surface area contributed by atoms with Gasteiger partial charge in [0.05, 0.1) is 0 Å². The third-order valence-corrected chi connectivity index (χ3v) is 2.33. The number of aliphatic hydroxyl groups excluding tert-OH is 2. The monoisotopic (exact) mass is 158 g/mol. The van der Waals surface area contributed by atoms with Gasteiger partial charge in [0.25, 0.3) is 0 Å². The predicted molar refractivity (Wildman–Crippen MR) is 40.1 cm³/mol. The Kier molecular flexibility index (Phi) is 3.02. The summed E-state index contributed by atoms with van der Waals surface area (Å²) in [5.41, 5.74) is 0. The molecular formula is C8H14O3. The molecule has 64 valence electrons. The fourth-order valence-corrected chi connectivity index (χ4v) is 1.63.